The summed E-state index contributed by atoms with van der Waals surface area (Å²) in [5.74, 6) is -0.667. The smallest absolute Gasteiger partial charge is 0.249 e. The van der Waals surface area contributed by atoms with E-state index in [1.165, 1.54) is 6.92 Å². The van der Waals surface area contributed by atoms with E-state index >= 15 is 0 Å². The Balaban J connectivity index is 1.81. The minimum atomic E-state index is -0.514. The number of amides is 2. The van der Waals surface area contributed by atoms with Gasteiger partial charge in [-0.1, -0.05) is 53.5 Å². The Labute approximate surface area is 212 Å². The summed E-state index contributed by atoms with van der Waals surface area (Å²) in [5.41, 5.74) is 10.9. The summed E-state index contributed by atoms with van der Waals surface area (Å²) in [4.78, 5) is 24.1. The van der Waals surface area contributed by atoms with Gasteiger partial charge in [0.2, 0.25) is 11.8 Å². The Morgan fingerprint density at radius 2 is 1.69 bits per heavy atom. The van der Waals surface area contributed by atoms with Crippen molar-refractivity contribution in [1.82, 2.24) is 4.57 Å². The van der Waals surface area contributed by atoms with Gasteiger partial charge < -0.3 is 15.6 Å². The van der Waals surface area contributed by atoms with Gasteiger partial charge in [-0.25, -0.2) is 0 Å². The fraction of sp³-hybridized carbons (Fsp3) is 0.0714. The number of nitrogens with zero attached hydrogens (tertiary/aromatic N) is 1. The van der Waals surface area contributed by atoms with Crippen molar-refractivity contribution < 1.29 is 9.59 Å². The molecular formula is C28H20Cl2N3O2. The lowest BCUT2D eigenvalue weighted by atomic mass is 10.0. The quantitative estimate of drug-likeness (QED) is 0.282. The Morgan fingerprint density at radius 3 is 2.40 bits per heavy atom. The van der Waals surface area contributed by atoms with E-state index in [0.29, 0.717) is 27.7 Å². The number of primary amides is 1. The van der Waals surface area contributed by atoms with Crippen molar-refractivity contribution in [3.8, 4) is 11.1 Å². The molecule has 2 amide bonds. The van der Waals surface area contributed by atoms with Crippen molar-refractivity contribution in [2.24, 2.45) is 5.73 Å². The molecule has 1 radical (unpaired) electrons. The van der Waals surface area contributed by atoms with Crippen LogP contribution in [0.4, 0.5) is 5.69 Å². The Morgan fingerprint density at radius 1 is 0.971 bits per heavy atom. The Kier molecular flexibility index (Phi) is 5.97. The number of halogens is 2. The molecule has 35 heavy (non-hydrogen) atoms. The first-order chi connectivity index (χ1) is 16.8. The number of aromatic nitrogens is 1. The number of carbonyl (C=O) groups excluding carboxylic acids is 2. The molecule has 0 saturated heterocycles. The first-order valence-corrected chi connectivity index (χ1v) is 11.7. The van der Waals surface area contributed by atoms with Crippen LogP contribution >= 0.6 is 23.2 Å². The summed E-state index contributed by atoms with van der Waals surface area (Å²) in [6.45, 7) is 1.91. The molecule has 0 bridgehead atoms. The molecular weight excluding hydrogens is 481 g/mol. The van der Waals surface area contributed by atoms with E-state index < -0.39 is 5.91 Å². The maximum Gasteiger partial charge on any atom is 0.249 e. The van der Waals surface area contributed by atoms with E-state index in [2.05, 4.69) is 16.0 Å². The summed E-state index contributed by atoms with van der Waals surface area (Å²) in [7, 11) is 0. The summed E-state index contributed by atoms with van der Waals surface area (Å²) in [6.07, 6.45) is 0. The minimum Gasteiger partial charge on any atom is -0.366 e. The topological polar surface area (TPSA) is 77.1 Å². The van der Waals surface area contributed by atoms with E-state index in [4.69, 9.17) is 28.9 Å². The predicted molar refractivity (Wildman–Crippen MR) is 142 cm³/mol. The summed E-state index contributed by atoms with van der Waals surface area (Å²) < 4.78 is 2.09. The number of carbonyl (C=O) groups is 2. The Hall–Kier alpha value is -3.80. The predicted octanol–water partition coefficient (Wildman–Crippen LogP) is 6.67. The van der Waals surface area contributed by atoms with Gasteiger partial charge in [0.25, 0.3) is 0 Å². The number of benzene rings is 4. The van der Waals surface area contributed by atoms with Gasteiger partial charge in [0.05, 0.1) is 17.6 Å². The lowest BCUT2D eigenvalue weighted by molar-refractivity contribution is -0.114. The van der Waals surface area contributed by atoms with Gasteiger partial charge in [0, 0.05) is 44.6 Å². The molecule has 4 aromatic carbocycles. The third-order valence-electron chi connectivity index (χ3n) is 5.97. The summed E-state index contributed by atoms with van der Waals surface area (Å²) in [5, 5.41) is 5.44. The molecule has 0 aliphatic carbocycles. The van der Waals surface area contributed by atoms with E-state index in [9.17, 15) is 9.59 Å². The zero-order chi connectivity index (χ0) is 24.7. The highest BCUT2D eigenvalue weighted by molar-refractivity contribution is 6.39. The minimum absolute atomic E-state index is 0.153. The van der Waals surface area contributed by atoms with Crippen molar-refractivity contribution in [2.45, 2.75) is 13.5 Å². The number of hydrogen-bond donors (Lipinski definition) is 2. The Bertz CT molecular complexity index is 1620. The van der Waals surface area contributed by atoms with Crippen LogP contribution in [0.15, 0.2) is 72.8 Å². The fourth-order valence-electron chi connectivity index (χ4n) is 4.49. The highest BCUT2D eigenvalue weighted by atomic mass is 35.5. The average molecular weight is 501 g/mol. The molecule has 5 nitrogen and oxygen atoms in total. The van der Waals surface area contributed by atoms with E-state index in [0.717, 1.165) is 38.6 Å². The number of nitrogens with one attached hydrogen (secondary N) is 1. The molecule has 5 rings (SSSR count). The van der Waals surface area contributed by atoms with Crippen LogP contribution in [0.1, 0.15) is 22.8 Å². The fourth-order valence-corrected chi connectivity index (χ4v) is 5.11. The molecule has 0 atom stereocenters. The molecule has 1 heterocycles. The highest BCUT2D eigenvalue weighted by Crippen LogP contribution is 2.39. The van der Waals surface area contributed by atoms with Gasteiger partial charge >= 0.3 is 0 Å². The number of fused-ring (bicyclic) bond motifs is 3. The lowest BCUT2D eigenvalue weighted by Crippen LogP contribution is -2.11. The van der Waals surface area contributed by atoms with Crippen molar-refractivity contribution >= 4 is 62.5 Å². The second-order valence-electron chi connectivity index (χ2n) is 8.23. The SMILES string of the molecule is CC(=O)Nc1ccccc1Cn1c2cc(-c3c(Cl)cccc3Cl)c[c]c2c2c(C(N)=O)cccc21. The van der Waals surface area contributed by atoms with Crippen molar-refractivity contribution in [3.05, 3.63) is 100 Å². The van der Waals surface area contributed by atoms with E-state index in [-0.39, 0.29) is 5.91 Å². The molecule has 7 heteroatoms. The molecule has 0 fully saturated rings. The first-order valence-electron chi connectivity index (χ1n) is 10.9. The third-order valence-corrected chi connectivity index (χ3v) is 6.60. The molecule has 0 aliphatic rings. The maximum atomic E-state index is 12.3. The third kappa shape index (κ3) is 4.14. The zero-order valence-corrected chi connectivity index (χ0v) is 20.2. The van der Waals surface area contributed by atoms with Crippen LogP contribution in [0.2, 0.25) is 10.0 Å². The average Bonchev–Trinajstić information content (AvgIpc) is 3.13. The van der Waals surface area contributed by atoms with Crippen molar-refractivity contribution in [2.75, 3.05) is 5.32 Å². The van der Waals surface area contributed by atoms with Crippen LogP contribution in [0, 0.1) is 6.07 Å². The van der Waals surface area contributed by atoms with Gasteiger partial charge in [-0.15, -0.1) is 0 Å². The van der Waals surface area contributed by atoms with Crippen LogP contribution < -0.4 is 11.1 Å². The second kappa shape index (κ2) is 9.10. The molecule has 3 N–H and O–H groups in total. The van der Waals surface area contributed by atoms with Gasteiger partial charge in [-0.2, -0.15) is 0 Å². The second-order valence-corrected chi connectivity index (χ2v) is 9.05. The standard InChI is InChI=1S/C28H20Cl2N3O2/c1-16(34)32-23-10-3-2-6-18(23)15-33-24-11-4-7-20(28(31)35)27(24)19-13-12-17(14-25(19)33)26-21(29)8-5-9-22(26)30/h2-12,14H,15H2,1H3,(H2,31,35)(H,32,34). The van der Waals surface area contributed by atoms with Crippen LogP contribution in [0.5, 0.6) is 0 Å². The lowest BCUT2D eigenvalue weighted by Gasteiger charge is -2.14. The maximum absolute atomic E-state index is 12.3. The van der Waals surface area contributed by atoms with Crippen molar-refractivity contribution in [1.29, 1.82) is 0 Å². The molecule has 0 spiro atoms. The van der Waals surface area contributed by atoms with E-state index in [1.54, 1.807) is 24.3 Å². The van der Waals surface area contributed by atoms with Crippen LogP contribution in [-0.4, -0.2) is 16.4 Å². The zero-order valence-electron chi connectivity index (χ0n) is 18.7. The van der Waals surface area contributed by atoms with Crippen molar-refractivity contribution in [3.63, 3.8) is 0 Å². The first kappa shape index (κ1) is 23.0. The molecule has 173 valence electrons. The largest absolute Gasteiger partial charge is 0.366 e. The van der Waals surface area contributed by atoms with Gasteiger partial charge in [-0.3, -0.25) is 9.59 Å². The number of rotatable bonds is 5. The number of para-hydroxylation sites is 1. The summed E-state index contributed by atoms with van der Waals surface area (Å²) in [6, 6.07) is 25.6. The normalized spacial score (nSPS) is 11.2. The molecule has 0 saturated carbocycles. The number of nitrogens with two attached hydrogens (primary N) is 1. The van der Waals surface area contributed by atoms with Crippen LogP contribution in [0.3, 0.4) is 0 Å². The molecule has 0 aliphatic heterocycles. The molecule has 0 unspecified atom stereocenters. The van der Waals surface area contributed by atoms with Gasteiger partial charge in [-0.05, 0) is 59.7 Å². The van der Waals surface area contributed by atoms with Crippen LogP contribution in [-0.2, 0) is 11.3 Å². The van der Waals surface area contributed by atoms with E-state index in [1.807, 2.05) is 48.5 Å². The highest BCUT2D eigenvalue weighted by Gasteiger charge is 2.19. The molecule has 1 aromatic heterocycles. The number of anilines is 1. The van der Waals surface area contributed by atoms with Gasteiger partial charge in [0.15, 0.2) is 0 Å². The van der Waals surface area contributed by atoms with Gasteiger partial charge in [0.1, 0.15) is 0 Å². The summed E-state index contributed by atoms with van der Waals surface area (Å²) >= 11 is 13.0. The molecule has 5 aromatic rings. The monoisotopic (exact) mass is 500 g/mol. The number of hydrogen-bond acceptors (Lipinski definition) is 2. The van der Waals surface area contributed by atoms with Crippen LogP contribution in [0.25, 0.3) is 32.9 Å².